The molecule has 0 aliphatic carbocycles. The van der Waals surface area contributed by atoms with Gasteiger partial charge < -0.3 is 9.84 Å². The van der Waals surface area contributed by atoms with E-state index in [1.807, 2.05) is 0 Å². The molecule has 12 heteroatoms. The van der Waals surface area contributed by atoms with Crippen molar-refractivity contribution in [1.29, 1.82) is 0 Å². The summed E-state index contributed by atoms with van der Waals surface area (Å²) in [5, 5.41) is 14.4. The number of aromatic nitrogens is 2. The summed E-state index contributed by atoms with van der Waals surface area (Å²) in [5.41, 5.74) is -5.28. The minimum atomic E-state index is -5.29. The van der Waals surface area contributed by atoms with Gasteiger partial charge in [0.05, 0.1) is 24.9 Å². The minimum Gasteiger partial charge on any atom is -0.497 e. The molecule has 4 rings (SSSR count). The SMILES string of the molecule is COc1cccc(-c2cc(C(F)(F)F)nc(N3N=C(c4ccccc4)C[C@@]3(O)C(F)(F)F)n2)c1. The van der Waals surface area contributed by atoms with Gasteiger partial charge in [0, 0.05) is 5.56 Å². The summed E-state index contributed by atoms with van der Waals surface area (Å²) in [5.74, 6) is -0.762. The number of rotatable bonds is 4. The fourth-order valence-electron chi connectivity index (χ4n) is 3.37. The smallest absolute Gasteiger partial charge is 0.438 e. The van der Waals surface area contributed by atoms with Crippen molar-refractivity contribution in [2.45, 2.75) is 24.5 Å². The molecule has 0 bridgehead atoms. The maximum atomic E-state index is 14.0. The van der Waals surface area contributed by atoms with E-state index in [1.165, 1.54) is 43.5 Å². The van der Waals surface area contributed by atoms with Crippen molar-refractivity contribution in [1.82, 2.24) is 9.97 Å². The molecule has 0 amide bonds. The van der Waals surface area contributed by atoms with E-state index >= 15 is 0 Å². The maximum Gasteiger partial charge on any atom is 0.438 e. The Morgan fingerprint density at radius 3 is 2.21 bits per heavy atom. The standard InChI is InChI=1S/C22H16F6N4O2/c1-34-15-9-5-8-14(10-15)16-11-18(21(23,24)25)30-19(29-16)32-20(33,22(26,27)28)12-17(31-32)13-6-3-2-4-7-13/h2-11,33H,12H2,1H3/t20-/m1/s1. The number of aliphatic hydroxyl groups is 1. The van der Waals surface area contributed by atoms with Gasteiger partial charge in [-0.05, 0) is 23.8 Å². The van der Waals surface area contributed by atoms with Crippen LogP contribution in [0.5, 0.6) is 5.75 Å². The number of anilines is 1. The second-order valence-corrected chi connectivity index (χ2v) is 7.38. The van der Waals surface area contributed by atoms with Gasteiger partial charge in [0.25, 0.3) is 5.72 Å². The lowest BCUT2D eigenvalue weighted by Crippen LogP contribution is -2.55. The Kier molecular flexibility index (Phi) is 5.72. The second-order valence-electron chi connectivity index (χ2n) is 7.38. The minimum absolute atomic E-state index is 0.00571. The lowest BCUT2D eigenvalue weighted by atomic mass is 10.0. The zero-order chi connectivity index (χ0) is 24.7. The fraction of sp³-hybridized carbons (Fsp3) is 0.227. The van der Waals surface area contributed by atoms with Crippen molar-refractivity contribution in [3.63, 3.8) is 0 Å². The van der Waals surface area contributed by atoms with Crippen LogP contribution in [0.2, 0.25) is 0 Å². The predicted molar refractivity (Wildman–Crippen MR) is 110 cm³/mol. The van der Waals surface area contributed by atoms with Crippen LogP contribution in [0.4, 0.5) is 32.3 Å². The number of halogens is 6. The highest BCUT2D eigenvalue weighted by Crippen LogP contribution is 2.44. The first-order valence-corrected chi connectivity index (χ1v) is 9.75. The van der Waals surface area contributed by atoms with Crippen molar-refractivity contribution in [3.05, 3.63) is 71.9 Å². The van der Waals surface area contributed by atoms with Crippen LogP contribution in [-0.4, -0.2) is 39.8 Å². The van der Waals surface area contributed by atoms with E-state index in [0.29, 0.717) is 11.8 Å². The van der Waals surface area contributed by atoms with Gasteiger partial charge in [-0.3, -0.25) is 0 Å². The molecule has 0 spiro atoms. The number of hydrogen-bond acceptors (Lipinski definition) is 6. The molecule has 1 aliphatic heterocycles. The topological polar surface area (TPSA) is 70.8 Å². The molecule has 1 atom stereocenters. The molecule has 1 aromatic heterocycles. The summed E-state index contributed by atoms with van der Waals surface area (Å²) >= 11 is 0. The average Bonchev–Trinajstić information content (AvgIpc) is 3.18. The van der Waals surface area contributed by atoms with Crippen molar-refractivity contribution in [2.24, 2.45) is 5.10 Å². The Labute approximate surface area is 189 Å². The third kappa shape index (κ3) is 4.28. The Bertz CT molecular complexity index is 1230. The van der Waals surface area contributed by atoms with Crippen LogP contribution < -0.4 is 9.75 Å². The van der Waals surface area contributed by atoms with Crippen molar-refractivity contribution < 1.29 is 36.2 Å². The van der Waals surface area contributed by atoms with Crippen molar-refractivity contribution in [2.75, 3.05) is 12.1 Å². The van der Waals surface area contributed by atoms with E-state index in [9.17, 15) is 31.4 Å². The summed E-state index contributed by atoms with van der Waals surface area (Å²) in [6.07, 6.45) is -11.3. The van der Waals surface area contributed by atoms with Gasteiger partial charge in [0.1, 0.15) is 5.75 Å². The van der Waals surface area contributed by atoms with Gasteiger partial charge in [-0.1, -0.05) is 42.5 Å². The molecule has 6 nitrogen and oxygen atoms in total. The number of methoxy groups -OCH3 is 1. The number of alkyl halides is 6. The van der Waals surface area contributed by atoms with Crippen LogP contribution in [0.3, 0.4) is 0 Å². The molecular formula is C22H16F6N4O2. The molecule has 1 aliphatic rings. The Morgan fingerprint density at radius 2 is 1.59 bits per heavy atom. The molecule has 0 saturated heterocycles. The van der Waals surface area contributed by atoms with E-state index in [0.717, 1.165) is 0 Å². The van der Waals surface area contributed by atoms with Crippen LogP contribution >= 0.6 is 0 Å². The monoisotopic (exact) mass is 482 g/mol. The fourth-order valence-corrected chi connectivity index (χ4v) is 3.37. The molecule has 0 unspecified atom stereocenters. The molecule has 0 saturated carbocycles. The molecule has 178 valence electrons. The quantitative estimate of drug-likeness (QED) is 0.528. The van der Waals surface area contributed by atoms with Gasteiger partial charge in [0.15, 0.2) is 5.69 Å². The van der Waals surface area contributed by atoms with Gasteiger partial charge in [0.2, 0.25) is 5.95 Å². The highest BCUT2D eigenvalue weighted by Gasteiger charge is 2.63. The van der Waals surface area contributed by atoms with E-state index in [4.69, 9.17) is 4.74 Å². The van der Waals surface area contributed by atoms with Gasteiger partial charge >= 0.3 is 12.4 Å². The van der Waals surface area contributed by atoms with Crippen molar-refractivity contribution in [3.8, 4) is 17.0 Å². The molecule has 3 aromatic rings. The van der Waals surface area contributed by atoms with Gasteiger partial charge in [-0.25, -0.2) is 9.97 Å². The summed E-state index contributed by atoms with van der Waals surface area (Å²) in [6, 6.07) is 14.1. The number of hydrogen-bond donors (Lipinski definition) is 1. The first kappa shape index (κ1) is 23.5. The first-order valence-electron chi connectivity index (χ1n) is 9.75. The van der Waals surface area contributed by atoms with Crippen LogP contribution in [0, 0.1) is 0 Å². The summed E-state index contributed by atoms with van der Waals surface area (Å²) in [4.78, 5) is 7.19. The van der Waals surface area contributed by atoms with Gasteiger partial charge in [-0.15, -0.1) is 0 Å². The molecule has 0 radical (unpaired) electrons. The summed E-state index contributed by atoms with van der Waals surface area (Å²) < 4.78 is 87.8. The van der Waals surface area contributed by atoms with E-state index < -0.39 is 36.1 Å². The molecule has 1 N–H and O–H groups in total. The maximum absolute atomic E-state index is 14.0. The number of nitrogens with zero attached hydrogens (tertiary/aromatic N) is 4. The molecule has 2 aromatic carbocycles. The summed E-state index contributed by atoms with van der Waals surface area (Å²) in [7, 11) is 1.35. The third-order valence-electron chi connectivity index (χ3n) is 5.11. The lowest BCUT2D eigenvalue weighted by molar-refractivity contribution is -0.254. The zero-order valence-electron chi connectivity index (χ0n) is 17.4. The summed E-state index contributed by atoms with van der Waals surface area (Å²) in [6.45, 7) is 0. The molecule has 34 heavy (non-hydrogen) atoms. The predicted octanol–water partition coefficient (Wildman–Crippen LogP) is 5.04. The van der Waals surface area contributed by atoms with E-state index in [1.54, 1.807) is 18.2 Å². The van der Waals surface area contributed by atoms with Crippen LogP contribution in [-0.2, 0) is 6.18 Å². The second kappa shape index (κ2) is 8.28. The molecule has 2 heterocycles. The Morgan fingerprint density at radius 1 is 0.912 bits per heavy atom. The number of benzene rings is 2. The average molecular weight is 482 g/mol. The Balaban J connectivity index is 1.92. The highest BCUT2D eigenvalue weighted by atomic mass is 19.4. The van der Waals surface area contributed by atoms with E-state index in [-0.39, 0.29) is 27.5 Å². The number of ether oxygens (including phenoxy) is 1. The van der Waals surface area contributed by atoms with Crippen LogP contribution in [0.25, 0.3) is 11.3 Å². The van der Waals surface area contributed by atoms with Gasteiger partial charge in [-0.2, -0.15) is 36.5 Å². The largest absolute Gasteiger partial charge is 0.497 e. The third-order valence-corrected chi connectivity index (χ3v) is 5.11. The first-order chi connectivity index (χ1) is 15.9. The molecular weight excluding hydrogens is 466 g/mol. The van der Waals surface area contributed by atoms with Crippen LogP contribution in [0.1, 0.15) is 17.7 Å². The van der Waals surface area contributed by atoms with E-state index in [2.05, 4.69) is 15.1 Å². The highest BCUT2D eigenvalue weighted by molar-refractivity contribution is 6.03. The molecule has 0 fully saturated rings. The zero-order valence-corrected chi connectivity index (χ0v) is 17.4. The number of hydrazone groups is 1. The Hall–Kier alpha value is -3.67. The normalized spacial score (nSPS) is 18.7. The van der Waals surface area contributed by atoms with Crippen LogP contribution in [0.15, 0.2) is 65.8 Å². The lowest BCUT2D eigenvalue weighted by Gasteiger charge is -2.32. The van der Waals surface area contributed by atoms with Crippen molar-refractivity contribution >= 4 is 11.7 Å².